The Balaban J connectivity index is 3.26. The predicted molar refractivity (Wildman–Crippen MR) is 42.3 cm³/mol. The summed E-state index contributed by atoms with van der Waals surface area (Å²) in [6, 6.07) is 3.11. The van der Waals surface area contributed by atoms with E-state index in [0.29, 0.717) is 11.3 Å². The Morgan fingerprint density at radius 3 is 2.73 bits per heavy atom. The fraction of sp³-hybridized carbons (Fsp3) is 0.222. The van der Waals surface area contributed by atoms with Gasteiger partial charge in [0.25, 0.3) is 0 Å². The minimum atomic E-state index is -0.345. The minimum absolute atomic E-state index is 0.345. The van der Waals surface area contributed by atoms with E-state index in [2.05, 4.69) is 11.8 Å². The molecule has 0 amide bonds. The molecule has 1 rings (SSSR count). The van der Waals surface area contributed by atoms with Gasteiger partial charge >= 0.3 is 5.63 Å². The molecule has 0 N–H and O–H groups in total. The van der Waals surface area contributed by atoms with Gasteiger partial charge in [-0.25, -0.2) is 4.79 Å². The van der Waals surface area contributed by atoms with E-state index in [1.807, 2.05) is 0 Å². The van der Waals surface area contributed by atoms with Crippen LogP contribution in [0.15, 0.2) is 21.3 Å². The lowest BCUT2D eigenvalue weighted by atomic mass is 10.2. The Morgan fingerprint density at radius 2 is 2.18 bits per heavy atom. The van der Waals surface area contributed by atoms with Crippen molar-refractivity contribution in [3.63, 3.8) is 0 Å². The van der Waals surface area contributed by atoms with Crippen LogP contribution >= 0.6 is 0 Å². The summed E-state index contributed by atoms with van der Waals surface area (Å²) in [6.45, 7) is 3.45. The van der Waals surface area contributed by atoms with Crippen LogP contribution in [-0.2, 0) is 0 Å². The molecule has 2 heteroatoms. The molecular weight excluding hydrogens is 140 g/mol. The van der Waals surface area contributed by atoms with Crippen LogP contribution in [0, 0.1) is 18.8 Å². The Labute approximate surface area is 64.9 Å². The van der Waals surface area contributed by atoms with Gasteiger partial charge in [0.05, 0.1) is 0 Å². The van der Waals surface area contributed by atoms with E-state index in [-0.39, 0.29) is 5.63 Å². The number of rotatable bonds is 0. The van der Waals surface area contributed by atoms with Crippen molar-refractivity contribution in [3.8, 4) is 11.8 Å². The summed E-state index contributed by atoms with van der Waals surface area (Å²) in [5.41, 5.74) is 0.365. The summed E-state index contributed by atoms with van der Waals surface area (Å²) < 4.78 is 4.74. The Hall–Kier alpha value is -1.49. The lowest BCUT2D eigenvalue weighted by Crippen LogP contribution is -1.98. The second-order valence-corrected chi connectivity index (χ2v) is 2.15. The lowest BCUT2D eigenvalue weighted by Gasteiger charge is -1.90. The molecule has 0 atom stereocenters. The molecule has 0 aliphatic rings. The topological polar surface area (TPSA) is 30.2 Å². The van der Waals surface area contributed by atoms with Crippen LogP contribution in [-0.4, -0.2) is 0 Å². The molecule has 0 spiro atoms. The van der Waals surface area contributed by atoms with Crippen LogP contribution in [0.2, 0.25) is 0 Å². The predicted octanol–water partition coefficient (Wildman–Crippen LogP) is 1.32. The third-order valence-electron chi connectivity index (χ3n) is 1.16. The zero-order chi connectivity index (χ0) is 8.27. The lowest BCUT2D eigenvalue weighted by molar-refractivity contribution is 0.479. The van der Waals surface area contributed by atoms with Gasteiger partial charge in [-0.05, 0) is 19.9 Å². The zero-order valence-electron chi connectivity index (χ0n) is 6.47. The maximum atomic E-state index is 10.8. The second-order valence-electron chi connectivity index (χ2n) is 2.15. The highest BCUT2D eigenvalue weighted by molar-refractivity contribution is 5.32. The van der Waals surface area contributed by atoms with Gasteiger partial charge in [0.1, 0.15) is 5.76 Å². The second kappa shape index (κ2) is 3.07. The van der Waals surface area contributed by atoms with Gasteiger partial charge in [-0.3, -0.25) is 0 Å². The monoisotopic (exact) mass is 148 g/mol. The molecule has 56 valence electrons. The molecule has 0 saturated heterocycles. The van der Waals surface area contributed by atoms with Crippen LogP contribution < -0.4 is 5.63 Å². The maximum absolute atomic E-state index is 10.8. The molecule has 0 fully saturated rings. The van der Waals surface area contributed by atoms with E-state index in [0.717, 1.165) is 0 Å². The maximum Gasteiger partial charge on any atom is 0.337 e. The van der Waals surface area contributed by atoms with E-state index >= 15 is 0 Å². The standard InChI is InChI=1S/C9H8O2/c1-3-4-8-5-7(2)11-9(10)6-8/h5-6H,1-2H3. The molecule has 1 heterocycles. The molecule has 0 unspecified atom stereocenters. The molecule has 0 aliphatic carbocycles. The first-order chi connectivity index (χ1) is 5.22. The third kappa shape index (κ3) is 1.98. The summed E-state index contributed by atoms with van der Waals surface area (Å²) >= 11 is 0. The van der Waals surface area contributed by atoms with Crippen LogP contribution in [0.4, 0.5) is 0 Å². The van der Waals surface area contributed by atoms with E-state index in [1.165, 1.54) is 6.07 Å². The summed E-state index contributed by atoms with van der Waals surface area (Å²) in [5, 5.41) is 0. The Bertz CT molecular complexity index is 363. The fourth-order valence-corrected chi connectivity index (χ4v) is 0.822. The fourth-order valence-electron chi connectivity index (χ4n) is 0.822. The molecule has 0 aliphatic heterocycles. The van der Waals surface area contributed by atoms with Crippen molar-refractivity contribution in [1.29, 1.82) is 0 Å². The molecule has 0 saturated carbocycles. The van der Waals surface area contributed by atoms with Crippen molar-refractivity contribution >= 4 is 0 Å². The van der Waals surface area contributed by atoms with Gasteiger partial charge in [-0.1, -0.05) is 5.92 Å². The minimum Gasteiger partial charge on any atom is -0.428 e. The zero-order valence-corrected chi connectivity index (χ0v) is 6.47. The normalized spacial score (nSPS) is 8.55. The molecule has 1 aromatic heterocycles. The van der Waals surface area contributed by atoms with E-state index in [4.69, 9.17) is 4.42 Å². The van der Waals surface area contributed by atoms with Gasteiger partial charge in [0, 0.05) is 11.6 Å². The summed E-state index contributed by atoms with van der Waals surface area (Å²) in [6.07, 6.45) is 0. The van der Waals surface area contributed by atoms with Gasteiger partial charge < -0.3 is 4.42 Å². The van der Waals surface area contributed by atoms with Crippen molar-refractivity contribution in [2.24, 2.45) is 0 Å². The summed E-state index contributed by atoms with van der Waals surface area (Å²) in [4.78, 5) is 10.8. The summed E-state index contributed by atoms with van der Waals surface area (Å²) in [7, 11) is 0. The van der Waals surface area contributed by atoms with Gasteiger partial charge in [0.2, 0.25) is 0 Å². The van der Waals surface area contributed by atoms with E-state index in [9.17, 15) is 4.79 Å². The summed E-state index contributed by atoms with van der Waals surface area (Å²) in [5.74, 6) is 6.08. The van der Waals surface area contributed by atoms with Crippen molar-refractivity contribution in [1.82, 2.24) is 0 Å². The smallest absolute Gasteiger partial charge is 0.337 e. The Kier molecular flexibility index (Phi) is 2.12. The highest BCUT2D eigenvalue weighted by Crippen LogP contribution is 1.96. The average Bonchev–Trinajstić information content (AvgIpc) is 1.85. The largest absolute Gasteiger partial charge is 0.428 e. The van der Waals surface area contributed by atoms with E-state index in [1.54, 1.807) is 19.9 Å². The highest BCUT2D eigenvalue weighted by Gasteiger charge is 1.92. The van der Waals surface area contributed by atoms with E-state index < -0.39 is 0 Å². The number of hydrogen-bond acceptors (Lipinski definition) is 2. The molecule has 0 aromatic carbocycles. The quantitative estimate of drug-likeness (QED) is 0.519. The van der Waals surface area contributed by atoms with Crippen molar-refractivity contribution in [2.75, 3.05) is 0 Å². The Morgan fingerprint density at radius 1 is 1.45 bits per heavy atom. The molecule has 0 bridgehead atoms. The van der Waals surface area contributed by atoms with Crippen LogP contribution in [0.3, 0.4) is 0 Å². The van der Waals surface area contributed by atoms with Crippen LogP contribution in [0.5, 0.6) is 0 Å². The van der Waals surface area contributed by atoms with Crippen LogP contribution in [0.25, 0.3) is 0 Å². The number of hydrogen-bond donors (Lipinski definition) is 0. The van der Waals surface area contributed by atoms with Crippen molar-refractivity contribution in [2.45, 2.75) is 13.8 Å². The number of aryl methyl sites for hydroxylation is 1. The SMILES string of the molecule is CC#Cc1cc(C)oc(=O)c1. The van der Waals surface area contributed by atoms with Gasteiger partial charge in [-0.15, -0.1) is 5.92 Å². The first-order valence-electron chi connectivity index (χ1n) is 3.27. The van der Waals surface area contributed by atoms with Gasteiger partial charge in [-0.2, -0.15) is 0 Å². The highest BCUT2D eigenvalue weighted by atomic mass is 16.4. The first-order valence-corrected chi connectivity index (χ1v) is 3.27. The van der Waals surface area contributed by atoms with Crippen molar-refractivity contribution < 1.29 is 4.42 Å². The molecule has 1 aromatic rings. The van der Waals surface area contributed by atoms with Crippen molar-refractivity contribution in [3.05, 3.63) is 33.9 Å². The van der Waals surface area contributed by atoms with Gasteiger partial charge in [0.15, 0.2) is 0 Å². The molecule has 11 heavy (non-hydrogen) atoms. The molecule has 2 nitrogen and oxygen atoms in total. The molecular formula is C9H8O2. The third-order valence-corrected chi connectivity index (χ3v) is 1.16. The first kappa shape index (κ1) is 7.62. The van der Waals surface area contributed by atoms with Crippen LogP contribution in [0.1, 0.15) is 18.2 Å². The molecule has 0 radical (unpaired) electrons. The average molecular weight is 148 g/mol.